The maximum atomic E-state index is 11.9. The van der Waals surface area contributed by atoms with Crippen LogP contribution >= 0.6 is 24.2 Å². The third kappa shape index (κ3) is 5.66. The first-order chi connectivity index (χ1) is 15.8. The lowest BCUT2D eigenvalue weighted by Gasteiger charge is -2.38. The smallest absolute Gasteiger partial charge is 0.123 e. The summed E-state index contributed by atoms with van der Waals surface area (Å²) in [6.45, 7) is 0. The summed E-state index contributed by atoms with van der Waals surface area (Å²) in [6.07, 6.45) is 0. The van der Waals surface area contributed by atoms with Crippen molar-refractivity contribution in [1.82, 2.24) is 0 Å². The van der Waals surface area contributed by atoms with Gasteiger partial charge in [0.15, 0.2) is 0 Å². The van der Waals surface area contributed by atoms with Crippen LogP contribution in [0.15, 0.2) is 152 Å². The molecule has 0 unspecified atom stereocenters. The number of hydrogen-bond donors (Lipinski definition) is 0. The van der Waals surface area contributed by atoms with Gasteiger partial charge in [-0.1, -0.05) is 140 Å². The molecule has 0 saturated heterocycles. The molecule has 5 aromatic carbocycles. The molecule has 33 heavy (non-hydrogen) atoms. The maximum Gasteiger partial charge on any atom is 0.123 e. The van der Waals surface area contributed by atoms with Crippen LogP contribution in [0, 0.1) is 5.82 Å². The van der Waals surface area contributed by atoms with Crippen molar-refractivity contribution in [1.29, 1.82) is 0 Å². The summed E-state index contributed by atoms with van der Waals surface area (Å²) >= 11 is 0. The number of halogens is 2. The van der Waals surface area contributed by atoms with Crippen LogP contribution < -0.4 is 21.2 Å². The van der Waals surface area contributed by atoms with Crippen molar-refractivity contribution >= 4 is 45.5 Å². The Morgan fingerprint density at radius 2 is 0.545 bits per heavy atom. The van der Waals surface area contributed by atoms with Crippen LogP contribution in [0.25, 0.3) is 0 Å². The fourth-order valence-corrected chi connectivity index (χ4v) is 8.18. The summed E-state index contributed by atoms with van der Waals surface area (Å²) in [6, 6.07) is 51.8. The highest BCUT2D eigenvalue weighted by Crippen LogP contribution is 2.53. The largest absolute Gasteiger partial charge is 0.207 e. The van der Waals surface area contributed by atoms with Gasteiger partial charge in [-0.2, -0.15) is 0 Å². The zero-order valence-corrected chi connectivity index (χ0v) is 20.8. The second-order valence-electron chi connectivity index (χ2n) is 7.31. The molecular formula is C30H26BrFP. The Bertz CT molecular complexity index is 1040. The molecule has 0 spiro atoms. The zero-order valence-electron chi connectivity index (χ0n) is 18.2. The lowest BCUT2D eigenvalue weighted by atomic mass is 10.3. The molecular weight excluding hydrogens is 490 g/mol. The van der Waals surface area contributed by atoms with E-state index >= 15 is 0 Å². The van der Waals surface area contributed by atoms with E-state index in [1.165, 1.54) is 33.4 Å². The molecule has 165 valence electrons. The van der Waals surface area contributed by atoms with Crippen molar-refractivity contribution in [2.75, 3.05) is 0 Å². The highest BCUT2D eigenvalue weighted by Gasteiger charge is 2.35. The first-order valence-electron chi connectivity index (χ1n) is 10.6. The van der Waals surface area contributed by atoms with Crippen LogP contribution in [0.5, 0.6) is 0 Å². The predicted octanol–water partition coefficient (Wildman–Crippen LogP) is 6.71. The fourth-order valence-electron chi connectivity index (χ4n) is 3.92. The molecule has 0 aliphatic rings. The highest BCUT2D eigenvalue weighted by molar-refractivity contribution is 8.93. The first kappa shape index (κ1) is 24.6. The Hall–Kier alpha value is -3.06. The molecule has 0 amide bonds. The Kier molecular flexibility index (Phi) is 9.13. The van der Waals surface area contributed by atoms with E-state index in [1.807, 2.05) is 0 Å². The van der Waals surface area contributed by atoms with Crippen LogP contribution in [0.3, 0.4) is 0 Å². The number of rotatable bonds is 4. The average molecular weight is 516 g/mol. The van der Waals surface area contributed by atoms with E-state index in [0.29, 0.717) is 0 Å². The summed E-state index contributed by atoms with van der Waals surface area (Å²) in [7, 11) is -1.91. The predicted molar refractivity (Wildman–Crippen MR) is 148 cm³/mol. The van der Waals surface area contributed by atoms with E-state index in [0.717, 1.165) is 0 Å². The van der Waals surface area contributed by atoms with Gasteiger partial charge in [0.05, 0.1) is 0 Å². The summed E-state index contributed by atoms with van der Waals surface area (Å²) in [5, 5.41) is 5.55. The van der Waals surface area contributed by atoms with Crippen LogP contribution in [0.1, 0.15) is 0 Å². The minimum atomic E-state index is -1.91. The van der Waals surface area contributed by atoms with Gasteiger partial charge in [-0.05, 0) is 40.6 Å². The Labute approximate surface area is 206 Å². The molecule has 0 aliphatic heterocycles. The molecule has 0 aliphatic carbocycles. The minimum Gasteiger partial charge on any atom is -0.207 e. The first-order valence-corrected chi connectivity index (χ1v) is 12.4. The zero-order chi connectivity index (χ0) is 22.1. The Morgan fingerprint density at radius 3 is 0.727 bits per heavy atom. The van der Waals surface area contributed by atoms with Gasteiger partial charge in [-0.15, -0.1) is 17.0 Å². The highest BCUT2D eigenvalue weighted by atomic mass is 79.9. The molecule has 0 atom stereocenters. The number of benzene rings is 5. The van der Waals surface area contributed by atoms with Gasteiger partial charge in [-0.3, -0.25) is 0 Å². The average Bonchev–Trinajstić information content (AvgIpc) is 2.88. The van der Waals surface area contributed by atoms with Crippen molar-refractivity contribution in [2.24, 2.45) is 0 Å². The molecule has 5 aromatic rings. The van der Waals surface area contributed by atoms with E-state index in [1.54, 1.807) is 18.2 Å². The van der Waals surface area contributed by atoms with E-state index in [4.69, 9.17) is 0 Å². The van der Waals surface area contributed by atoms with Gasteiger partial charge in [0, 0.05) is 0 Å². The van der Waals surface area contributed by atoms with Gasteiger partial charge in [0.1, 0.15) is 5.82 Å². The molecule has 0 heterocycles. The van der Waals surface area contributed by atoms with Crippen LogP contribution in [-0.4, -0.2) is 0 Å². The molecule has 0 nitrogen and oxygen atoms in total. The molecule has 0 N–H and O–H groups in total. The van der Waals surface area contributed by atoms with E-state index in [-0.39, 0.29) is 22.8 Å². The fraction of sp³-hybridized carbons (Fsp3) is 0. The van der Waals surface area contributed by atoms with Gasteiger partial charge >= 0.3 is 0 Å². The van der Waals surface area contributed by atoms with Crippen molar-refractivity contribution < 1.29 is 4.39 Å². The third-order valence-electron chi connectivity index (χ3n) is 5.31. The molecule has 0 saturated carbocycles. The van der Waals surface area contributed by atoms with Crippen molar-refractivity contribution in [2.45, 2.75) is 0 Å². The lowest BCUT2D eigenvalue weighted by molar-refractivity contribution is 0.628. The molecule has 3 heteroatoms. The SMILES string of the molecule is Br.Fc1ccccc1.c1ccc([P](c2ccccc2)(c2ccccc2)c2ccccc2)cc1. The van der Waals surface area contributed by atoms with Gasteiger partial charge < -0.3 is 0 Å². The van der Waals surface area contributed by atoms with E-state index < -0.39 is 7.26 Å². The van der Waals surface area contributed by atoms with Crippen LogP contribution in [0.4, 0.5) is 4.39 Å². The van der Waals surface area contributed by atoms with Crippen LogP contribution in [0.2, 0.25) is 0 Å². The molecule has 1 radical (unpaired) electrons. The second kappa shape index (κ2) is 12.3. The topological polar surface area (TPSA) is 0 Å². The van der Waals surface area contributed by atoms with E-state index in [9.17, 15) is 4.39 Å². The summed E-state index contributed by atoms with van der Waals surface area (Å²) in [5.74, 6) is -0.178. The molecule has 0 fully saturated rings. The monoisotopic (exact) mass is 515 g/mol. The van der Waals surface area contributed by atoms with Crippen LogP contribution in [-0.2, 0) is 0 Å². The minimum absolute atomic E-state index is 0. The molecule has 0 aromatic heterocycles. The molecule has 5 rings (SSSR count). The number of hydrogen-bond acceptors (Lipinski definition) is 0. The van der Waals surface area contributed by atoms with Gasteiger partial charge in [0.2, 0.25) is 0 Å². The summed E-state index contributed by atoms with van der Waals surface area (Å²) in [4.78, 5) is 0. The molecule has 0 bridgehead atoms. The quantitative estimate of drug-likeness (QED) is 0.233. The van der Waals surface area contributed by atoms with Crippen molar-refractivity contribution in [3.8, 4) is 0 Å². The van der Waals surface area contributed by atoms with E-state index in [2.05, 4.69) is 121 Å². The maximum absolute atomic E-state index is 11.9. The normalized spacial score (nSPS) is 10.3. The Morgan fingerprint density at radius 1 is 0.333 bits per heavy atom. The van der Waals surface area contributed by atoms with Gasteiger partial charge in [0.25, 0.3) is 0 Å². The standard InChI is InChI=1S/C24H20P.C6H5F.BrH/c1-5-13-21(14-6-1)25(22-15-7-2-8-16-22,23-17-9-3-10-18-23)24-19-11-4-12-20-24;7-6-4-2-1-3-5-6;/h1-20H;1-5H;1H. The third-order valence-corrected chi connectivity index (χ3v) is 9.60. The van der Waals surface area contributed by atoms with Gasteiger partial charge in [-0.25, -0.2) is 4.39 Å². The summed E-state index contributed by atoms with van der Waals surface area (Å²) in [5.41, 5.74) is 0. The second-order valence-corrected chi connectivity index (χ2v) is 10.7. The summed E-state index contributed by atoms with van der Waals surface area (Å²) < 4.78 is 11.9. The lowest BCUT2D eigenvalue weighted by Crippen LogP contribution is -2.38. The van der Waals surface area contributed by atoms with Crippen molar-refractivity contribution in [3.05, 3.63) is 157 Å². The van der Waals surface area contributed by atoms with Crippen molar-refractivity contribution in [3.63, 3.8) is 0 Å². The Balaban J connectivity index is 0.000000330.